The van der Waals surface area contributed by atoms with Crippen molar-refractivity contribution < 1.29 is 28.6 Å². The molecular formula is C62H106O6. The topological polar surface area (TPSA) is 78.9 Å². The third-order valence-corrected chi connectivity index (χ3v) is 12.1. The van der Waals surface area contributed by atoms with Gasteiger partial charge >= 0.3 is 17.9 Å². The lowest BCUT2D eigenvalue weighted by molar-refractivity contribution is -0.167. The van der Waals surface area contributed by atoms with Gasteiger partial charge in [0.15, 0.2) is 6.10 Å². The number of carbonyl (C=O) groups is 3. The zero-order chi connectivity index (χ0) is 49.3. The van der Waals surface area contributed by atoms with E-state index in [1.165, 1.54) is 122 Å². The van der Waals surface area contributed by atoms with E-state index in [1.807, 2.05) is 0 Å². The molecule has 0 aliphatic rings. The average molecular weight is 948 g/mol. The molecule has 6 heteroatoms. The fraction of sp³-hybridized carbons (Fsp3) is 0.726. The van der Waals surface area contributed by atoms with Gasteiger partial charge in [-0.05, 0) is 96.3 Å². The van der Waals surface area contributed by atoms with Gasteiger partial charge in [0.1, 0.15) is 13.2 Å². The Labute approximate surface area is 420 Å². The van der Waals surface area contributed by atoms with E-state index >= 15 is 0 Å². The molecule has 0 aromatic rings. The minimum absolute atomic E-state index is 0.0787. The van der Waals surface area contributed by atoms with Crippen LogP contribution >= 0.6 is 0 Å². The van der Waals surface area contributed by atoms with Gasteiger partial charge in [-0.2, -0.15) is 0 Å². The summed E-state index contributed by atoms with van der Waals surface area (Å²) in [6.45, 7) is 6.48. The first kappa shape index (κ1) is 64.6. The minimum Gasteiger partial charge on any atom is -0.462 e. The van der Waals surface area contributed by atoms with Gasteiger partial charge in [-0.1, -0.05) is 241 Å². The monoisotopic (exact) mass is 947 g/mol. The number of allylic oxidation sites excluding steroid dienone is 14. The summed E-state index contributed by atoms with van der Waals surface area (Å²) in [5, 5.41) is 0. The van der Waals surface area contributed by atoms with Gasteiger partial charge in [-0.15, -0.1) is 0 Å². The molecule has 0 N–H and O–H groups in total. The molecule has 0 saturated carbocycles. The van der Waals surface area contributed by atoms with Crippen molar-refractivity contribution in [2.75, 3.05) is 13.2 Å². The molecule has 390 valence electrons. The molecule has 0 amide bonds. The summed E-state index contributed by atoms with van der Waals surface area (Å²) in [6, 6.07) is 0. The molecule has 0 spiro atoms. The van der Waals surface area contributed by atoms with Gasteiger partial charge < -0.3 is 14.2 Å². The zero-order valence-electron chi connectivity index (χ0n) is 44.6. The smallest absolute Gasteiger partial charge is 0.306 e. The van der Waals surface area contributed by atoms with E-state index in [0.717, 1.165) is 109 Å². The molecule has 0 radical (unpaired) electrons. The molecule has 0 heterocycles. The number of rotatable bonds is 51. The molecule has 0 aromatic carbocycles. The quantitative estimate of drug-likeness (QED) is 0.0262. The van der Waals surface area contributed by atoms with Crippen molar-refractivity contribution in [3.63, 3.8) is 0 Å². The predicted octanol–water partition coefficient (Wildman–Crippen LogP) is 19.2. The lowest BCUT2D eigenvalue weighted by atomic mass is 10.1. The lowest BCUT2D eigenvalue weighted by Crippen LogP contribution is -2.30. The molecule has 0 aliphatic carbocycles. The third kappa shape index (κ3) is 53.5. The second-order valence-electron chi connectivity index (χ2n) is 18.8. The molecule has 6 nitrogen and oxygen atoms in total. The van der Waals surface area contributed by atoms with Gasteiger partial charge in [0, 0.05) is 19.3 Å². The Kier molecular flexibility index (Phi) is 53.4. The molecule has 0 aliphatic heterocycles. The van der Waals surface area contributed by atoms with E-state index in [-0.39, 0.29) is 31.1 Å². The molecule has 0 rings (SSSR count). The first-order chi connectivity index (χ1) is 33.5. The summed E-state index contributed by atoms with van der Waals surface area (Å²) in [7, 11) is 0. The van der Waals surface area contributed by atoms with Crippen LogP contribution in [0.1, 0.15) is 271 Å². The number of unbranched alkanes of at least 4 members (excludes halogenated alkanes) is 26. The van der Waals surface area contributed by atoms with E-state index < -0.39 is 6.10 Å². The van der Waals surface area contributed by atoms with Gasteiger partial charge in [0.25, 0.3) is 0 Å². The Morgan fingerprint density at radius 2 is 0.574 bits per heavy atom. The fourth-order valence-electron chi connectivity index (χ4n) is 7.85. The maximum Gasteiger partial charge on any atom is 0.306 e. The molecule has 1 unspecified atom stereocenters. The van der Waals surface area contributed by atoms with Crippen molar-refractivity contribution in [2.24, 2.45) is 0 Å². The first-order valence-electron chi connectivity index (χ1n) is 28.6. The molecule has 0 saturated heterocycles. The van der Waals surface area contributed by atoms with Crippen LogP contribution in [0.25, 0.3) is 0 Å². The average Bonchev–Trinajstić information content (AvgIpc) is 3.34. The van der Waals surface area contributed by atoms with Crippen molar-refractivity contribution in [1.82, 2.24) is 0 Å². The fourth-order valence-corrected chi connectivity index (χ4v) is 7.85. The number of hydrogen-bond donors (Lipinski definition) is 0. The first-order valence-corrected chi connectivity index (χ1v) is 28.6. The predicted molar refractivity (Wildman–Crippen MR) is 293 cm³/mol. The van der Waals surface area contributed by atoms with E-state index in [4.69, 9.17) is 14.2 Å². The van der Waals surface area contributed by atoms with Crippen LogP contribution in [0.4, 0.5) is 0 Å². The molecule has 0 bridgehead atoms. The van der Waals surface area contributed by atoms with Crippen LogP contribution in [-0.2, 0) is 28.6 Å². The Hall–Kier alpha value is -3.41. The molecule has 1 atom stereocenters. The van der Waals surface area contributed by atoms with Crippen LogP contribution in [-0.4, -0.2) is 37.2 Å². The Balaban J connectivity index is 4.16. The highest BCUT2D eigenvalue weighted by molar-refractivity contribution is 5.71. The molecule has 68 heavy (non-hydrogen) atoms. The van der Waals surface area contributed by atoms with Crippen LogP contribution in [0.3, 0.4) is 0 Å². The Morgan fingerprint density at radius 3 is 0.941 bits per heavy atom. The van der Waals surface area contributed by atoms with Crippen molar-refractivity contribution >= 4 is 17.9 Å². The van der Waals surface area contributed by atoms with Crippen molar-refractivity contribution in [3.8, 4) is 0 Å². The molecular weight excluding hydrogens is 841 g/mol. The Bertz CT molecular complexity index is 1320. The van der Waals surface area contributed by atoms with Crippen LogP contribution in [0.2, 0.25) is 0 Å². The summed E-state index contributed by atoms with van der Waals surface area (Å²) in [5.41, 5.74) is 0. The normalized spacial score (nSPS) is 12.7. The highest BCUT2D eigenvalue weighted by Gasteiger charge is 2.19. The summed E-state index contributed by atoms with van der Waals surface area (Å²) >= 11 is 0. The largest absolute Gasteiger partial charge is 0.462 e. The van der Waals surface area contributed by atoms with E-state index in [1.54, 1.807) is 0 Å². The van der Waals surface area contributed by atoms with Gasteiger partial charge in [0.2, 0.25) is 0 Å². The second-order valence-corrected chi connectivity index (χ2v) is 18.8. The van der Waals surface area contributed by atoms with Crippen molar-refractivity contribution in [1.29, 1.82) is 0 Å². The SMILES string of the molecule is CC/C=C\C/C=C\C/C=C\C/C=C\C/C=C\C/C=C\CCCCCCCCCCCCC(=O)OCC(COC(=O)CCCCCCCCCCC)OC(=O)CCCCCCC/C=C\CCCCC. The standard InChI is InChI=1S/C62H106O6/c1-4-7-10-13-16-19-21-23-24-25-26-27-28-29-30-31-32-33-34-35-36-37-38-39-41-43-46-49-52-55-61(64)67-58-59(57-66-60(63)54-51-48-45-42-18-15-12-9-6-3)68-62(65)56-53-50-47-44-40-22-20-17-14-11-8-5-2/h7,10,16-17,19-20,23-24,26-27,29-30,32-33,59H,4-6,8-9,11-15,18,21-22,25,28,31,34-58H2,1-3H3/b10-7-,19-16-,20-17-,24-23-,27-26-,30-29-,33-32-. The minimum atomic E-state index is -0.778. The molecule has 0 aromatic heterocycles. The summed E-state index contributed by atoms with van der Waals surface area (Å²) in [6.07, 6.45) is 73.0. The second kappa shape index (κ2) is 56.2. The van der Waals surface area contributed by atoms with E-state index in [0.29, 0.717) is 19.3 Å². The highest BCUT2D eigenvalue weighted by Crippen LogP contribution is 2.15. The van der Waals surface area contributed by atoms with Crippen molar-refractivity contribution in [3.05, 3.63) is 85.1 Å². The van der Waals surface area contributed by atoms with Crippen LogP contribution in [0.15, 0.2) is 85.1 Å². The summed E-state index contributed by atoms with van der Waals surface area (Å²) in [4.78, 5) is 37.9. The number of esters is 3. The number of hydrogen-bond acceptors (Lipinski definition) is 6. The van der Waals surface area contributed by atoms with Gasteiger partial charge in [-0.25, -0.2) is 0 Å². The van der Waals surface area contributed by atoms with E-state index in [2.05, 4.69) is 106 Å². The summed E-state index contributed by atoms with van der Waals surface area (Å²) < 4.78 is 16.8. The van der Waals surface area contributed by atoms with Crippen LogP contribution in [0, 0.1) is 0 Å². The highest BCUT2D eigenvalue weighted by atomic mass is 16.6. The van der Waals surface area contributed by atoms with Gasteiger partial charge in [-0.3, -0.25) is 14.4 Å². The summed E-state index contributed by atoms with van der Waals surface area (Å²) in [5.74, 6) is -0.892. The lowest BCUT2D eigenvalue weighted by Gasteiger charge is -2.18. The van der Waals surface area contributed by atoms with Crippen LogP contribution < -0.4 is 0 Å². The zero-order valence-corrected chi connectivity index (χ0v) is 44.6. The van der Waals surface area contributed by atoms with E-state index in [9.17, 15) is 14.4 Å². The molecule has 0 fully saturated rings. The van der Waals surface area contributed by atoms with Gasteiger partial charge in [0.05, 0.1) is 0 Å². The number of ether oxygens (including phenoxy) is 3. The Morgan fingerprint density at radius 1 is 0.309 bits per heavy atom. The van der Waals surface area contributed by atoms with Crippen molar-refractivity contribution in [2.45, 2.75) is 277 Å². The maximum absolute atomic E-state index is 12.8. The van der Waals surface area contributed by atoms with Crippen LogP contribution in [0.5, 0.6) is 0 Å². The number of carbonyl (C=O) groups excluding carboxylic acids is 3. The third-order valence-electron chi connectivity index (χ3n) is 12.1. The maximum atomic E-state index is 12.8.